The maximum atomic E-state index is 11.6. The Morgan fingerprint density at radius 1 is 1.33 bits per heavy atom. The molecule has 1 aromatic carbocycles. The number of benzene rings is 1. The number of carbonyl (C=O) groups is 1. The lowest BCUT2D eigenvalue weighted by atomic mass is 10.2. The van der Waals surface area contributed by atoms with Crippen molar-refractivity contribution in [2.45, 2.75) is 20.4 Å². The number of amides is 1. The highest BCUT2D eigenvalue weighted by molar-refractivity contribution is 6.30. The molecule has 1 rings (SSSR count). The molecule has 3 nitrogen and oxygen atoms in total. The number of hydrogen-bond donors (Lipinski definition) is 1. The van der Waals surface area contributed by atoms with Crippen LogP contribution in [-0.2, 0) is 11.3 Å². The molecule has 0 bridgehead atoms. The number of rotatable bonds is 6. The van der Waals surface area contributed by atoms with Gasteiger partial charge < -0.3 is 5.32 Å². The van der Waals surface area contributed by atoms with Gasteiger partial charge in [-0.25, -0.2) is 0 Å². The quantitative estimate of drug-likeness (QED) is 0.860. The summed E-state index contributed by atoms with van der Waals surface area (Å²) in [7, 11) is 1.93. The molecule has 0 heterocycles. The van der Waals surface area contributed by atoms with Crippen molar-refractivity contribution in [2.24, 2.45) is 5.92 Å². The molecule has 0 aliphatic heterocycles. The summed E-state index contributed by atoms with van der Waals surface area (Å²) in [4.78, 5) is 13.6. The molecule has 0 saturated carbocycles. The fourth-order valence-electron chi connectivity index (χ4n) is 1.58. The molecule has 100 valence electrons. The van der Waals surface area contributed by atoms with Crippen LogP contribution in [0, 0.1) is 5.92 Å². The van der Waals surface area contributed by atoms with Crippen molar-refractivity contribution in [3.8, 4) is 0 Å². The van der Waals surface area contributed by atoms with Crippen molar-refractivity contribution in [3.05, 3.63) is 34.9 Å². The van der Waals surface area contributed by atoms with Crippen molar-refractivity contribution in [1.29, 1.82) is 0 Å². The Balaban J connectivity index is 2.34. The molecule has 0 saturated heterocycles. The van der Waals surface area contributed by atoms with Crippen LogP contribution in [0.1, 0.15) is 19.4 Å². The first-order valence-corrected chi connectivity index (χ1v) is 6.55. The minimum absolute atomic E-state index is 0.0696. The summed E-state index contributed by atoms with van der Waals surface area (Å²) < 4.78 is 0. The summed E-state index contributed by atoms with van der Waals surface area (Å²) in [5.74, 6) is 0.552. The van der Waals surface area contributed by atoms with Gasteiger partial charge in [0.05, 0.1) is 6.54 Å². The van der Waals surface area contributed by atoms with Gasteiger partial charge >= 0.3 is 0 Å². The van der Waals surface area contributed by atoms with E-state index in [-0.39, 0.29) is 5.91 Å². The second-order valence-corrected chi connectivity index (χ2v) is 5.43. The van der Waals surface area contributed by atoms with Gasteiger partial charge in [-0.05, 0) is 30.7 Å². The van der Waals surface area contributed by atoms with Gasteiger partial charge in [0.15, 0.2) is 0 Å². The van der Waals surface area contributed by atoms with Crippen LogP contribution in [0.3, 0.4) is 0 Å². The minimum atomic E-state index is 0.0696. The largest absolute Gasteiger partial charge is 0.355 e. The first-order chi connectivity index (χ1) is 8.47. The van der Waals surface area contributed by atoms with Crippen LogP contribution in [0.25, 0.3) is 0 Å². The molecule has 0 aromatic heterocycles. The molecule has 0 atom stereocenters. The summed E-state index contributed by atoms with van der Waals surface area (Å²) in [6, 6.07) is 7.68. The molecule has 1 N–H and O–H groups in total. The number of nitrogens with one attached hydrogen (secondary N) is 1. The molecule has 1 amide bonds. The molecule has 18 heavy (non-hydrogen) atoms. The van der Waals surface area contributed by atoms with E-state index in [0.717, 1.165) is 23.7 Å². The molecule has 4 heteroatoms. The van der Waals surface area contributed by atoms with E-state index in [2.05, 4.69) is 19.2 Å². The minimum Gasteiger partial charge on any atom is -0.355 e. The Morgan fingerprint density at radius 3 is 2.50 bits per heavy atom. The number of halogens is 1. The molecule has 0 radical (unpaired) electrons. The highest BCUT2D eigenvalue weighted by Crippen LogP contribution is 2.10. The van der Waals surface area contributed by atoms with Crippen LogP contribution in [0.15, 0.2) is 24.3 Å². The van der Waals surface area contributed by atoms with Crippen LogP contribution >= 0.6 is 11.6 Å². The van der Waals surface area contributed by atoms with E-state index >= 15 is 0 Å². The molecule has 0 aliphatic rings. The average Bonchev–Trinajstić information content (AvgIpc) is 2.29. The lowest BCUT2D eigenvalue weighted by molar-refractivity contribution is -0.122. The number of nitrogens with zero attached hydrogens (tertiary/aromatic N) is 1. The van der Waals surface area contributed by atoms with Crippen molar-refractivity contribution < 1.29 is 4.79 Å². The van der Waals surface area contributed by atoms with Crippen LogP contribution in [0.5, 0.6) is 0 Å². The van der Waals surface area contributed by atoms with Crippen molar-refractivity contribution >= 4 is 17.5 Å². The van der Waals surface area contributed by atoms with Crippen LogP contribution in [-0.4, -0.2) is 30.9 Å². The van der Waals surface area contributed by atoms with E-state index in [9.17, 15) is 4.79 Å². The van der Waals surface area contributed by atoms with E-state index in [1.165, 1.54) is 0 Å². The van der Waals surface area contributed by atoms with Crippen LogP contribution in [0.2, 0.25) is 5.02 Å². The third-order valence-corrected chi connectivity index (χ3v) is 2.74. The summed E-state index contributed by atoms with van der Waals surface area (Å²) in [6.45, 7) is 6.05. The third kappa shape index (κ3) is 6.03. The fraction of sp³-hybridized carbons (Fsp3) is 0.500. The summed E-state index contributed by atoms with van der Waals surface area (Å²) >= 11 is 5.83. The zero-order valence-corrected chi connectivity index (χ0v) is 12.0. The molecule has 1 aromatic rings. The Kier molecular flexibility index (Phi) is 6.16. The Morgan fingerprint density at radius 2 is 1.94 bits per heavy atom. The van der Waals surface area contributed by atoms with E-state index in [4.69, 9.17) is 11.6 Å². The van der Waals surface area contributed by atoms with Gasteiger partial charge in [-0.1, -0.05) is 37.6 Å². The van der Waals surface area contributed by atoms with Gasteiger partial charge in [0.25, 0.3) is 0 Å². The van der Waals surface area contributed by atoms with E-state index in [1.54, 1.807) is 0 Å². The maximum Gasteiger partial charge on any atom is 0.234 e. The standard InChI is InChI=1S/C14H21ClN2O/c1-11(2)8-16-14(18)10-17(3)9-12-4-6-13(15)7-5-12/h4-7,11H,8-10H2,1-3H3,(H,16,18). The summed E-state index contributed by atoms with van der Waals surface area (Å²) in [5, 5.41) is 3.64. The topological polar surface area (TPSA) is 32.3 Å². The molecule has 0 spiro atoms. The van der Waals surface area contributed by atoms with Gasteiger partial charge in [0.1, 0.15) is 0 Å². The monoisotopic (exact) mass is 268 g/mol. The molecule has 0 fully saturated rings. The first kappa shape index (κ1) is 15.0. The second-order valence-electron chi connectivity index (χ2n) is 5.00. The normalized spacial score (nSPS) is 11.0. The number of carbonyl (C=O) groups excluding carboxylic acids is 1. The zero-order valence-electron chi connectivity index (χ0n) is 11.2. The predicted molar refractivity (Wildman–Crippen MR) is 75.6 cm³/mol. The second kappa shape index (κ2) is 7.39. The van der Waals surface area contributed by atoms with Gasteiger partial charge in [-0.2, -0.15) is 0 Å². The number of likely N-dealkylation sites (N-methyl/N-ethyl adjacent to an activating group) is 1. The number of hydrogen-bond acceptors (Lipinski definition) is 2. The first-order valence-electron chi connectivity index (χ1n) is 6.17. The van der Waals surface area contributed by atoms with Gasteiger partial charge in [-0.15, -0.1) is 0 Å². The SMILES string of the molecule is CC(C)CNC(=O)CN(C)Cc1ccc(Cl)cc1. The Bertz CT molecular complexity index is 376. The highest BCUT2D eigenvalue weighted by atomic mass is 35.5. The summed E-state index contributed by atoms with van der Waals surface area (Å²) in [6.07, 6.45) is 0. The van der Waals surface area contributed by atoms with E-state index < -0.39 is 0 Å². The van der Waals surface area contributed by atoms with Crippen molar-refractivity contribution in [2.75, 3.05) is 20.1 Å². The van der Waals surface area contributed by atoms with Gasteiger partial charge in [0, 0.05) is 18.1 Å². The average molecular weight is 269 g/mol. The Labute approximate surface area is 114 Å². The van der Waals surface area contributed by atoms with Gasteiger partial charge in [0.2, 0.25) is 5.91 Å². The maximum absolute atomic E-state index is 11.6. The third-order valence-electron chi connectivity index (χ3n) is 2.49. The van der Waals surface area contributed by atoms with Crippen LogP contribution < -0.4 is 5.32 Å². The smallest absolute Gasteiger partial charge is 0.234 e. The van der Waals surface area contributed by atoms with Gasteiger partial charge in [-0.3, -0.25) is 9.69 Å². The predicted octanol–water partition coefficient (Wildman–Crippen LogP) is 2.54. The zero-order chi connectivity index (χ0) is 13.5. The lowest BCUT2D eigenvalue weighted by Crippen LogP contribution is -2.36. The Hall–Kier alpha value is -1.06. The van der Waals surface area contributed by atoms with Crippen LogP contribution in [0.4, 0.5) is 0 Å². The molecular formula is C14H21ClN2O. The highest BCUT2D eigenvalue weighted by Gasteiger charge is 2.07. The summed E-state index contributed by atoms with van der Waals surface area (Å²) in [5.41, 5.74) is 1.15. The molecule has 0 unspecified atom stereocenters. The fourth-order valence-corrected chi connectivity index (χ4v) is 1.70. The molecular weight excluding hydrogens is 248 g/mol. The van der Waals surface area contributed by atoms with Crippen molar-refractivity contribution in [3.63, 3.8) is 0 Å². The van der Waals surface area contributed by atoms with Crippen molar-refractivity contribution in [1.82, 2.24) is 10.2 Å². The molecule has 0 aliphatic carbocycles. The van der Waals surface area contributed by atoms with E-state index in [0.29, 0.717) is 12.5 Å². The van der Waals surface area contributed by atoms with E-state index in [1.807, 2.05) is 36.2 Å². The lowest BCUT2D eigenvalue weighted by Gasteiger charge is -2.17.